The van der Waals surface area contributed by atoms with Gasteiger partial charge in [0.1, 0.15) is 24.0 Å². The molecule has 0 N–H and O–H groups in total. The highest BCUT2D eigenvalue weighted by atomic mass is 19.1. The minimum atomic E-state index is -0.306. The maximum atomic E-state index is 12.9. The standard InChI is InChI=1S/C19H22F2N2O2/c1-22(11-12-25-18-9-7-17(21)8-10-18)14-19(24)23(2)13-15-3-5-16(20)6-4-15/h3-10H,11-14H2,1-2H3. The topological polar surface area (TPSA) is 32.8 Å². The van der Waals surface area contributed by atoms with E-state index < -0.39 is 0 Å². The van der Waals surface area contributed by atoms with Crippen molar-refractivity contribution in [3.8, 4) is 5.75 Å². The first-order chi connectivity index (χ1) is 11.9. The Hall–Kier alpha value is -2.47. The summed E-state index contributed by atoms with van der Waals surface area (Å²) in [5, 5.41) is 0. The van der Waals surface area contributed by atoms with E-state index in [1.54, 1.807) is 36.2 Å². The van der Waals surface area contributed by atoms with Crippen molar-refractivity contribution in [2.45, 2.75) is 6.54 Å². The number of carbonyl (C=O) groups is 1. The van der Waals surface area contributed by atoms with Crippen LogP contribution in [0, 0.1) is 11.6 Å². The van der Waals surface area contributed by atoms with E-state index in [0.717, 1.165) is 5.56 Å². The Labute approximate surface area is 146 Å². The van der Waals surface area contributed by atoms with Crippen LogP contribution >= 0.6 is 0 Å². The maximum absolute atomic E-state index is 12.9. The van der Waals surface area contributed by atoms with Crippen LogP contribution in [0.4, 0.5) is 8.78 Å². The van der Waals surface area contributed by atoms with Gasteiger partial charge in [0.05, 0.1) is 6.54 Å². The van der Waals surface area contributed by atoms with Crippen molar-refractivity contribution in [1.29, 1.82) is 0 Å². The molecule has 2 aromatic rings. The van der Waals surface area contributed by atoms with Gasteiger partial charge in [-0.05, 0) is 49.0 Å². The number of likely N-dealkylation sites (N-methyl/N-ethyl adjacent to an activating group) is 2. The number of halogens is 2. The van der Waals surface area contributed by atoms with Gasteiger partial charge in [-0.1, -0.05) is 12.1 Å². The Morgan fingerprint density at radius 2 is 1.52 bits per heavy atom. The third-order valence-electron chi connectivity index (χ3n) is 3.72. The van der Waals surface area contributed by atoms with Gasteiger partial charge in [-0.3, -0.25) is 9.69 Å². The first-order valence-electron chi connectivity index (χ1n) is 7.99. The Bertz CT molecular complexity index is 675. The number of benzene rings is 2. The quantitative estimate of drug-likeness (QED) is 0.735. The predicted molar refractivity (Wildman–Crippen MR) is 92.3 cm³/mol. The third-order valence-corrected chi connectivity index (χ3v) is 3.72. The van der Waals surface area contributed by atoms with Crippen molar-refractivity contribution < 1.29 is 18.3 Å². The van der Waals surface area contributed by atoms with Crippen molar-refractivity contribution in [2.24, 2.45) is 0 Å². The van der Waals surface area contributed by atoms with Gasteiger partial charge in [0.2, 0.25) is 5.91 Å². The molecular weight excluding hydrogens is 326 g/mol. The molecule has 4 nitrogen and oxygen atoms in total. The highest BCUT2D eigenvalue weighted by Gasteiger charge is 2.12. The monoisotopic (exact) mass is 348 g/mol. The first-order valence-corrected chi connectivity index (χ1v) is 7.99. The summed E-state index contributed by atoms with van der Waals surface area (Å²) in [7, 11) is 3.55. The largest absolute Gasteiger partial charge is 0.492 e. The molecule has 0 aliphatic heterocycles. The van der Waals surface area contributed by atoms with Crippen LogP contribution in [0.1, 0.15) is 5.56 Å². The van der Waals surface area contributed by atoms with Crippen molar-refractivity contribution in [2.75, 3.05) is 33.8 Å². The highest BCUT2D eigenvalue weighted by Crippen LogP contribution is 2.11. The fourth-order valence-electron chi connectivity index (χ4n) is 2.23. The van der Waals surface area contributed by atoms with E-state index in [0.29, 0.717) is 25.4 Å². The van der Waals surface area contributed by atoms with Gasteiger partial charge >= 0.3 is 0 Å². The predicted octanol–water partition coefficient (Wildman–Crippen LogP) is 2.93. The van der Waals surface area contributed by atoms with Gasteiger partial charge in [0.15, 0.2) is 0 Å². The third kappa shape index (κ3) is 6.51. The van der Waals surface area contributed by atoms with Crippen molar-refractivity contribution in [3.63, 3.8) is 0 Å². The van der Waals surface area contributed by atoms with Crippen LogP contribution in [-0.2, 0) is 11.3 Å². The van der Waals surface area contributed by atoms with E-state index in [2.05, 4.69) is 0 Å². The summed E-state index contributed by atoms with van der Waals surface area (Å²) < 4.78 is 31.2. The molecule has 1 amide bonds. The zero-order valence-electron chi connectivity index (χ0n) is 14.4. The fraction of sp³-hybridized carbons (Fsp3) is 0.316. The molecule has 6 heteroatoms. The molecular formula is C19H22F2N2O2. The van der Waals surface area contributed by atoms with Crippen LogP contribution in [0.5, 0.6) is 5.75 Å². The number of ether oxygens (including phenoxy) is 1. The second-order valence-corrected chi connectivity index (χ2v) is 5.92. The molecule has 0 fully saturated rings. The van der Waals surface area contributed by atoms with Crippen LogP contribution in [0.3, 0.4) is 0 Å². The fourth-order valence-corrected chi connectivity index (χ4v) is 2.23. The smallest absolute Gasteiger partial charge is 0.236 e. The zero-order valence-corrected chi connectivity index (χ0v) is 14.4. The number of rotatable bonds is 8. The normalized spacial score (nSPS) is 10.8. The summed E-state index contributed by atoms with van der Waals surface area (Å²) in [6.45, 7) is 1.65. The highest BCUT2D eigenvalue weighted by molar-refractivity contribution is 5.77. The molecule has 134 valence electrons. The molecule has 0 bridgehead atoms. The van der Waals surface area contributed by atoms with E-state index in [9.17, 15) is 13.6 Å². The lowest BCUT2D eigenvalue weighted by Crippen LogP contribution is -2.37. The lowest BCUT2D eigenvalue weighted by atomic mass is 10.2. The second-order valence-electron chi connectivity index (χ2n) is 5.92. The minimum Gasteiger partial charge on any atom is -0.492 e. The number of amides is 1. The van der Waals surface area contributed by atoms with E-state index in [1.165, 1.54) is 24.3 Å². The molecule has 0 atom stereocenters. The van der Waals surface area contributed by atoms with E-state index in [4.69, 9.17) is 4.74 Å². The molecule has 0 saturated carbocycles. The lowest BCUT2D eigenvalue weighted by molar-refractivity contribution is -0.131. The number of hydrogen-bond acceptors (Lipinski definition) is 3. The second kappa shape index (κ2) is 9.13. The van der Waals surface area contributed by atoms with Crippen molar-refractivity contribution in [1.82, 2.24) is 9.80 Å². The maximum Gasteiger partial charge on any atom is 0.236 e. The van der Waals surface area contributed by atoms with Gasteiger partial charge in [0, 0.05) is 20.1 Å². The van der Waals surface area contributed by atoms with E-state index in [-0.39, 0.29) is 24.1 Å². The Kier molecular flexibility index (Phi) is 6.89. The molecule has 0 aliphatic rings. The summed E-state index contributed by atoms with van der Waals surface area (Å²) in [6, 6.07) is 11.9. The molecule has 25 heavy (non-hydrogen) atoms. The van der Waals surface area contributed by atoms with Crippen LogP contribution in [0.25, 0.3) is 0 Å². The summed E-state index contributed by atoms with van der Waals surface area (Å²) in [5.74, 6) is -0.0407. The van der Waals surface area contributed by atoms with Crippen LogP contribution in [0.2, 0.25) is 0 Å². The molecule has 0 radical (unpaired) electrons. The van der Waals surface area contributed by atoms with E-state index >= 15 is 0 Å². The lowest BCUT2D eigenvalue weighted by Gasteiger charge is -2.22. The van der Waals surface area contributed by atoms with Gasteiger partial charge in [0.25, 0.3) is 0 Å². The van der Waals surface area contributed by atoms with Crippen molar-refractivity contribution >= 4 is 5.91 Å². The van der Waals surface area contributed by atoms with Crippen LogP contribution in [-0.4, -0.2) is 49.5 Å². The summed E-state index contributed by atoms with van der Waals surface area (Å²) >= 11 is 0. The molecule has 0 saturated heterocycles. The Morgan fingerprint density at radius 1 is 0.960 bits per heavy atom. The summed E-state index contributed by atoms with van der Waals surface area (Å²) in [6.07, 6.45) is 0. The zero-order chi connectivity index (χ0) is 18.2. The van der Waals surface area contributed by atoms with Crippen molar-refractivity contribution in [3.05, 3.63) is 65.7 Å². The van der Waals surface area contributed by atoms with Crippen LogP contribution in [0.15, 0.2) is 48.5 Å². The molecule has 2 aromatic carbocycles. The molecule has 0 heterocycles. The van der Waals surface area contributed by atoms with Gasteiger partial charge in [-0.15, -0.1) is 0 Å². The minimum absolute atomic E-state index is 0.0337. The average Bonchev–Trinajstić information content (AvgIpc) is 2.58. The average molecular weight is 348 g/mol. The van der Waals surface area contributed by atoms with Gasteiger partial charge in [-0.25, -0.2) is 8.78 Å². The SMILES string of the molecule is CN(CCOc1ccc(F)cc1)CC(=O)N(C)Cc1ccc(F)cc1. The molecule has 0 aromatic heterocycles. The number of nitrogens with zero attached hydrogens (tertiary/aromatic N) is 2. The van der Waals surface area contributed by atoms with Crippen LogP contribution < -0.4 is 4.74 Å². The Balaban J connectivity index is 1.71. The molecule has 2 rings (SSSR count). The molecule has 0 unspecified atom stereocenters. The van der Waals surface area contributed by atoms with Gasteiger partial charge < -0.3 is 9.64 Å². The number of carbonyl (C=O) groups excluding carboxylic acids is 1. The Morgan fingerprint density at radius 3 is 2.12 bits per heavy atom. The van der Waals surface area contributed by atoms with Gasteiger partial charge in [-0.2, -0.15) is 0 Å². The van der Waals surface area contributed by atoms with E-state index in [1.807, 2.05) is 11.9 Å². The number of hydrogen-bond donors (Lipinski definition) is 0. The first kappa shape index (κ1) is 18.9. The molecule has 0 aliphatic carbocycles. The molecule has 0 spiro atoms. The summed E-state index contributed by atoms with van der Waals surface area (Å²) in [4.78, 5) is 15.7. The summed E-state index contributed by atoms with van der Waals surface area (Å²) in [5.41, 5.74) is 0.875.